The fourth-order valence-corrected chi connectivity index (χ4v) is 4.29. The van der Waals surface area contributed by atoms with Crippen molar-refractivity contribution in [3.8, 4) is 0 Å². The third kappa shape index (κ3) is 4.47. The first-order valence-electron chi connectivity index (χ1n) is 8.72. The van der Waals surface area contributed by atoms with Gasteiger partial charge in [-0.2, -0.15) is 4.98 Å². The lowest BCUT2D eigenvalue weighted by molar-refractivity contribution is -0.136. The SMILES string of the molecule is O=C(O)Cc1cccc(CNc2nc(NCc3cccs3)nc3ccsc23)c1. The molecule has 0 bridgehead atoms. The minimum absolute atomic E-state index is 0.0211. The summed E-state index contributed by atoms with van der Waals surface area (Å²) >= 11 is 3.29. The summed E-state index contributed by atoms with van der Waals surface area (Å²) in [5.74, 6) is 0.529. The Morgan fingerprint density at radius 1 is 0.964 bits per heavy atom. The summed E-state index contributed by atoms with van der Waals surface area (Å²) in [6, 6.07) is 13.7. The molecule has 4 aromatic rings. The van der Waals surface area contributed by atoms with Crippen LogP contribution in [0.5, 0.6) is 0 Å². The Morgan fingerprint density at radius 2 is 1.86 bits per heavy atom. The van der Waals surface area contributed by atoms with Gasteiger partial charge in [-0.05, 0) is 34.0 Å². The number of nitrogens with zero attached hydrogens (tertiary/aromatic N) is 2. The lowest BCUT2D eigenvalue weighted by Gasteiger charge is -2.10. The number of fused-ring (bicyclic) bond motifs is 1. The molecule has 3 aromatic heterocycles. The summed E-state index contributed by atoms with van der Waals surface area (Å²) in [4.78, 5) is 21.4. The van der Waals surface area contributed by atoms with Crippen LogP contribution in [0.1, 0.15) is 16.0 Å². The number of anilines is 2. The van der Waals surface area contributed by atoms with Crippen molar-refractivity contribution in [3.05, 3.63) is 69.2 Å². The van der Waals surface area contributed by atoms with Gasteiger partial charge in [0.25, 0.3) is 0 Å². The van der Waals surface area contributed by atoms with E-state index in [0.29, 0.717) is 19.0 Å². The van der Waals surface area contributed by atoms with Gasteiger partial charge in [0.1, 0.15) is 5.82 Å². The summed E-state index contributed by atoms with van der Waals surface area (Å²) in [6.07, 6.45) is 0.0211. The molecule has 0 atom stereocenters. The van der Waals surface area contributed by atoms with Crippen LogP contribution in [0.2, 0.25) is 0 Å². The quantitative estimate of drug-likeness (QED) is 0.393. The van der Waals surface area contributed by atoms with Crippen LogP contribution in [-0.4, -0.2) is 21.0 Å². The van der Waals surface area contributed by atoms with E-state index in [1.165, 1.54) is 4.88 Å². The number of aliphatic carboxylic acids is 1. The largest absolute Gasteiger partial charge is 0.481 e. The van der Waals surface area contributed by atoms with Crippen LogP contribution in [0, 0.1) is 0 Å². The van der Waals surface area contributed by atoms with E-state index < -0.39 is 5.97 Å². The molecule has 6 nitrogen and oxygen atoms in total. The summed E-state index contributed by atoms with van der Waals surface area (Å²) in [6.45, 7) is 1.24. The van der Waals surface area contributed by atoms with E-state index in [9.17, 15) is 4.79 Å². The molecule has 142 valence electrons. The van der Waals surface area contributed by atoms with Crippen molar-refractivity contribution in [2.24, 2.45) is 0 Å². The predicted molar refractivity (Wildman–Crippen MR) is 114 cm³/mol. The maximum atomic E-state index is 10.9. The van der Waals surface area contributed by atoms with Crippen LogP contribution in [-0.2, 0) is 24.3 Å². The fourth-order valence-electron chi connectivity index (χ4n) is 2.85. The topological polar surface area (TPSA) is 87.1 Å². The van der Waals surface area contributed by atoms with E-state index in [1.807, 2.05) is 47.2 Å². The Kier molecular flexibility index (Phi) is 5.50. The van der Waals surface area contributed by atoms with E-state index in [4.69, 9.17) is 5.11 Å². The Bertz CT molecular complexity index is 1090. The molecule has 0 fully saturated rings. The van der Waals surface area contributed by atoms with Crippen LogP contribution >= 0.6 is 22.7 Å². The second kappa shape index (κ2) is 8.37. The lowest BCUT2D eigenvalue weighted by Crippen LogP contribution is -2.07. The normalized spacial score (nSPS) is 10.9. The van der Waals surface area contributed by atoms with E-state index in [-0.39, 0.29) is 6.42 Å². The Labute approximate surface area is 169 Å². The van der Waals surface area contributed by atoms with Gasteiger partial charge in [0, 0.05) is 11.4 Å². The van der Waals surface area contributed by atoms with Crippen LogP contribution in [0.4, 0.5) is 11.8 Å². The van der Waals surface area contributed by atoms with Gasteiger partial charge in [0.15, 0.2) is 0 Å². The molecular formula is C20H18N4O2S2. The fraction of sp³-hybridized carbons (Fsp3) is 0.150. The maximum Gasteiger partial charge on any atom is 0.307 e. The van der Waals surface area contributed by atoms with Crippen molar-refractivity contribution < 1.29 is 9.90 Å². The minimum Gasteiger partial charge on any atom is -0.481 e. The number of carbonyl (C=O) groups is 1. The molecule has 3 N–H and O–H groups in total. The number of aromatic nitrogens is 2. The first-order chi connectivity index (χ1) is 13.7. The molecule has 0 aliphatic heterocycles. The Balaban J connectivity index is 1.51. The molecule has 4 rings (SSSR count). The first-order valence-corrected chi connectivity index (χ1v) is 10.5. The van der Waals surface area contributed by atoms with E-state index in [1.54, 1.807) is 22.7 Å². The van der Waals surface area contributed by atoms with Crippen molar-refractivity contribution in [2.75, 3.05) is 10.6 Å². The third-order valence-corrected chi connectivity index (χ3v) is 5.90. The zero-order valence-electron chi connectivity index (χ0n) is 14.9. The van der Waals surface area contributed by atoms with Crippen LogP contribution in [0.25, 0.3) is 10.2 Å². The van der Waals surface area contributed by atoms with E-state index >= 15 is 0 Å². The number of hydrogen-bond acceptors (Lipinski definition) is 7. The van der Waals surface area contributed by atoms with Gasteiger partial charge in [0.05, 0.1) is 23.2 Å². The summed E-state index contributed by atoms with van der Waals surface area (Å²) in [5.41, 5.74) is 2.69. The number of benzene rings is 1. The van der Waals surface area contributed by atoms with Gasteiger partial charge in [-0.3, -0.25) is 4.79 Å². The highest BCUT2D eigenvalue weighted by Gasteiger charge is 2.10. The molecule has 0 spiro atoms. The van der Waals surface area contributed by atoms with Gasteiger partial charge >= 0.3 is 5.97 Å². The molecule has 0 unspecified atom stereocenters. The number of thiophene rings is 2. The average Bonchev–Trinajstić information content (AvgIpc) is 3.36. The van der Waals surface area contributed by atoms with Crippen molar-refractivity contribution in [1.29, 1.82) is 0 Å². The molecular weight excluding hydrogens is 392 g/mol. The van der Waals surface area contributed by atoms with Gasteiger partial charge in [-0.25, -0.2) is 4.98 Å². The molecule has 0 radical (unpaired) electrons. The summed E-state index contributed by atoms with van der Waals surface area (Å²) in [5, 5.41) is 19.7. The number of hydrogen-bond donors (Lipinski definition) is 3. The highest BCUT2D eigenvalue weighted by Crippen LogP contribution is 2.28. The van der Waals surface area contributed by atoms with Crippen molar-refractivity contribution in [3.63, 3.8) is 0 Å². The molecule has 0 aliphatic rings. The van der Waals surface area contributed by atoms with Crippen LogP contribution in [0.3, 0.4) is 0 Å². The van der Waals surface area contributed by atoms with E-state index in [2.05, 4.69) is 26.7 Å². The highest BCUT2D eigenvalue weighted by molar-refractivity contribution is 7.17. The third-order valence-electron chi connectivity index (χ3n) is 4.11. The predicted octanol–water partition coefficient (Wildman–Crippen LogP) is 4.60. The highest BCUT2D eigenvalue weighted by atomic mass is 32.1. The monoisotopic (exact) mass is 410 g/mol. The Hall–Kier alpha value is -2.97. The zero-order chi connectivity index (χ0) is 19.3. The molecule has 0 saturated heterocycles. The molecule has 0 saturated carbocycles. The summed E-state index contributed by atoms with van der Waals surface area (Å²) in [7, 11) is 0. The first kappa shape index (κ1) is 18.4. The van der Waals surface area contributed by atoms with Crippen molar-refractivity contribution in [2.45, 2.75) is 19.5 Å². The maximum absolute atomic E-state index is 10.9. The molecule has 1 aromatic carbocycles. The van der Waals surface area contributed by atoms with Crippen LogP contribution in [0.15, 0.2) is 53.2 Å². The molecule has 0 amide bonds. The van der Waals surface area contributed by atoms with Gasteiger partial charge in [-0.15, -0.1) is 22.7 Å². The van der Waals surface area contributed by atoms with Gasteiger partial charge < -0.3 is 15.7 Å². The standard InChI is InChI=1S/C20H18N4O2S2/c25-17(26)10-13-3-1-4-14(9-13)11-21-19-18-16(6-8-28-18)23-20(24-19)22-12-15-5-2-7-27-15/h1-9H,10-12H2,(H,25,26)(H2,21,22,23,24). The zero-order valence-corrected chi connectivity index (χ0v) is 16.5. The second-order valence-corrected chi connectivity index (χ2v) is 8.16. The van der Waals surface area contributed by atoms with Gasteiger partial charge in [0.2, 0.25) is 5.95 Å². The Morgan fingerprint density at radius 3 is 2.68 bits per heavy atom. The lowest BCUT2D eigenvalue weighted by atomic mass is 10.1. The number of carboxylic acid groups (broad SMARTS) is 1. The second-order valence-electron chi connectivity index (χ2n) is 6.21. The van der Waals surface area contributed by atoms with Crippen LogP contribution < -0.4 is 10.6 Å². The smallest absolute Gasteiger partial charge is 0.307 e. The van der Waals surface area contributed by atoms with Gasteiger partial charge in [-0.1, -0.05) is 30.3 Å². The number of nitrogens with one attached hydrogen (secondary N) is 2. The summed E-state index contributed by atoms with van der Waals surface area (Å²) < 4.78 is 1.00. The van der Waals surface area contributed by atoms with Crippen molar-refractivity contribution >= 4 is 50.6 Å². The average molecular weight is 411 g/mol. The minimum atomic E-state index is -0.831. The molecule has 28 heavy (non-hydrogen) atoms. The number of carboxylic acids is 1. The van der Waals surface area contributed by atoms with E-state index in [0.717, 1.165) is 27.2 Å². The number of rotatable bonds is 8. The van der Waals surface area contributed by atoms with Crippen molar-refractivity contribution in [1.82, 2.24) is 9.97 Å². The molecule has 8 heteroatoms. The molecule has 0 aliphatic carbocycles. The molecule has 3 heterocycles.